The summed E-state index contributed by atoms with van der Waals surface area (Å²) in [6.07, 6.45) is 0.128. The molecule has 0 saturated carbocycles. The summed E-state index contributed by atoms with van der Waals surface area (Å²) >= 11 is 5.89. The molecule has 0 spiro atoms. The zero-order chi connectivity index (χ0) is 12.6. The Morgan fingerprint density at radius 2 is 2.24 bits per heavy atom. The lowest BCUT2D eigenvalue weighted by Crippen LogP contribution is -2.09. The number of carboxylic acid groups (broad SMARTS) is 1. The number of rotatable bonds is 3. The van der Waals surface area contributed by atoms with Crippen molar-refractivity contribution in [3.63, 3.8) is 0 Å². The van der Waals surface area contributed by atoms with Crippen molar-refractivity contribution in [2.24, 2.45) is 0 Å². The summed E-state index contributed by atoms with van der Waals surface area (Å²) in [7, 11) is 0. The summed E-state index contributed by atoms with van der Waals surface area (Å²) in [5, 5.41) is 19.7. The van der Waals surface area contributed by atoms with Crippen LogP contribution in [0, 0.1) is 0 Å². The third kappa shape index (κ3) is 2.01. The molecule has 2 aromatic rings. The van der Waals surface area contributed by atoms with Crippen molar-refractivity contribution in [2.45, 2.75) is 19.6 Å². The number of aliphatic carboxylic acids is 1. The average Bonchev–Trinajstić information content (AvgIpc) is 2.65. The third-order valence-corrected chi connectivity index (χ3v) is 2.98. The molecule has 1 aromatic carbocycles. The number of benzene rings is 1. The van der Waals surface area contributed by atoms with Crippen LogP contribution in [0.25, 0.3) is 10.9 Å². The normalized spacial score (nSPS) is 12.9. The van der Waals surface area contributed by atoms with E-state index in [2.05, 4.69) is 0 Å². The van der Waals surface area contributed by atoms with Gasteiger partial charge in [0.05, 0.1) is 0 Å². The van der Waals surface area contributed by atoms with E-state index >= 15 is 0 Å². The zero-order valence-corrected chi connectivity index (χ0v) is 9.98. The third-order valence-electron chi connectivity index (χ3n) is 2.74. The maximum atomic E-state index is 10.8. The summed E-state index contributed by atoms with van der Waals surface area (Å²) in [5.74, 6) is -1.26. The van der Waals surface area contributed by atoms with Crippen LogP contribution in [0.1, 0.15) is 18.6 Å². The Balaban J connectivity index is 2.70. The lowest BCUT2D eigenvalue weighted by molar-refractivity contribution is -0.146. The number of hydrogen-bond acceptors (Lipinski definition) is 2. The molecule has 0 aliphatic rings. The van der Waals surface area contributed by atoms with Gasteiger partial charge in [-0.2, -0.15) is 0 Å². The monoisotopic (exact) mass is 253 g/mol. The van der Waals surface area contributed by atoms with E-state index < -0.39 is 12.1 Å². The van der Waals surface area contributed by atoms with E-state index in [-0.39, 0.29) is 0 Å². The first-order valence-corrected chi connectivity index (χ1v) is 5.61. The van der Waals surface area contributed by atoms with Crippen molar-refractivity contribution in [1.29, 1.82) is 0 Å². The molecule has 0 bridgehead atoms. The van der Waals surface area contributed by atoms with Crippen LogP contribution in [-0.2, 0) is 11.3 Å². The molecule has 0 fully saturated rings. The van der Waals surface area contributed by atoms with Gasteiger partial charge < -0.3 is 14.8 Å². The molecule has 0 saturated heterocycles. The minimum absolute atomic E-state index is 0.372. The van der Waals surface area contributed by atoms with Crippen molar-refractivity contribution in [1.82, 2.24) is 4.57 Å². The number of aliphatic hydroxyl groups excluding tert-OH is 1. The highest BCUT2D eigenvalue weighted by Gasteiger charge is 2.21. The second-order valence-corrected chi connectivity index (χ2v) is 4.21. The van der Waals surface area contributed by atoms with Crippen LogP contribution in [0.4, 0.5) is 0 Å². The van der Waals surface area contributed by atoms with E-state index in [1.165, 1.54) is 0 Å². The molecule has 1 atom stereocenters. The van der Waals surface area contributed by atoms with Gasteiger partial charge in [-0.15, -0.1) is 0 Å². The van der Waals surface area contributed by atoms with Crippen molar-refractivity contribution >= 4 is 28.5 Å². The quantitative estimate of drug-likeness (QED) is 0.883. The minimum Gasteiger partial charge on any atom is -0.479 e. The summed E-state index contributed by atoms with van der Waals surface area (Å²) in [6, 6.07) is 5.23. The number of carbonyl (C=O) groups is 1. The van der Waals surface area contributed by atoms with Gasteiger partial charge in [0.15, 0.2) is 6.10 Å². The smallest absolute Gasteiger partial charge is 0.337 e. The Kier molecular flexibility index (Phi) is 3.09. The standard InChI is InChI=1S/C12H12ClNO3/c1-2-14-6-9(11(15)12(16)17)8-5-7(13)3-4-10(8)14/h3-6,11,15H,2H2,1H3,(H,16,17). The van der Waals surface area contributed by atoms with Gasteiger partial charge in [-0.25, -0.2) is 4.79 Å². The molecule has 1 unspecified atom stereocenters. The van der Waals surface area contributed by atoms with E-state index in [0.717, 1.165) is 5.52 Å². The minimum atomic E-state index is -1.52. The van der Waals surface area contributed by atoms with E-state index in [0.29, 0.717) is 22.5 Å². The lowest BCUT2D eigenvalue weighted by Gasteiger charge is -2.03. The van der Waals surface area contributed by atoms with E-state index in [1.54, 1.807) is 18.3 Å². The molecule has 17 heavy (non-hydrogen) atoms. The summed E-state index contributed by atoms with van der Waals surface area (Å²) in [6.45, 7) is 2.65. The second-order valence-electron chi connectivity index (χ2n) is 3.77. The zero-order valence-electron chi connectivity index (χ0n) is 9.22. The van der Waals surface area contributed by atoms with Crippen LogP contribution in [0.5, 0.6) is 0 Å². The van der Waals surface area contributed by atoms with Gasteiger partial charge in [0, 0.05) is 34.2 Å². The molecule has 2 rings (SSSR count). The largest absolute Gasteiger partial charge is 0.479 e. The van der Waals surface area contributed by atoms with E-state index in [1.807, 2.05) is 17.6 Å². The van der Waals surface area contributed by atoms with Crippen LogP contribution in [0.15, 0.2) is 24.4 Å². The Morgan fingerprint density at radius 1 is 1.53 bits per heavy atom. The molecule has 1 aromatic heterocycles. The van der Waals surface area contributed by atoms with Crippen molar-refractivity contribution in [2.75, 3.05) is 0 Å². The van der Waals surface area contributed by atoms with Gasteiger partial charge in [-0.05, 0) is 25.1 Å². The predicted molar refractivity (Wildman–Crippen MR) is 65.2 cm³/mol. The van der Waals surface area contributed by atoms with Crippen LogP contribution in [-0.4, -0.2) is 20.7 Å². The SMILES string of the molecule is CCn1cc(C(O)C(=O)O)c2cc(Cl)ccc21. The van der Waals surface area contributed by atoms with Gasteiger partial charge in [-0.3, -0.25) is 0 Å². The topological polar surface area (TPSA) is 62.5 Å². The summed E-state index contributed by atoms with van der Waals surface area (Å²) in [5.41, 5.74) is 1.24. The van der Waals surface area contributed by atoms with E-state index in [9.17, 15) is 9.90 Å². The van der Waals surface area contributed by atoms with E-state index in [4.69, 9.17) is 16.7 Å². The van der Waals surface area contributed by atoms with Gasteiger partial charge in [0.25, 0.3) is 0 Å². The van der Waals surface area contributed by atoms with Gasteiger partial charge in [0.2, 0.25) is 0 Å². The molecule has 0 aliphatic heterocycles. The van der Waals surface area contributed by atoms with Crippen LogP contribution >= 0.6 is 11.6 Å². The number of aromatic nitrogens is 1. The first kappa shape index (κ1) is 12.0. The van der Waals surface area contributed by atoms with Gasteiger partial charge in [-0.1, -0.05) is 11.6 Å². The number of fused-ring (bicyclic) bond motifs is 1. The first-order valence-electron chi connectivity index (χ1n) is 5.23. The molecule has 2 N–H and O–H groups in total. The molecular formula is C12H12ClNO3. The Hall–Kier alpha value is -1.52. The van der Waals surface area contributed by atoms with Crippen LogP contribution < -0.4 is 0 Å². The summed E-state index contributed by atoms with van der Waals surface area (Å²) in [4.78, 5) is 10.8. The highest BCUT2D eigenvalue weighted by molar-refractivity contribution is 6.31. The molecule has 90 valence electrons. The van der Waals surface area contributed by atoms with Crippen LogP contribution in [0.2, 0.25) is 5.02 Å². The number of nitrogens with zero attached hydrogens (tertiary/aromatic N) is 1. The molecule has 0 amide bonds. The fourth-order valence-electron chi connectivity index (χ4n) is 1.91. The number of carboxylic acids is 1. The maximum Gasteiger partial charge on any atom is 0.337 e. The molecule has 5 heteroatoms. The average molecular weight is 254 g/mol. The predicted octanol–water partition coefficient (Wildman–Crippen LogP) is 2.43. The Labute approximate surface area is 103 Å². The molecule has 0 radical (unpaired) electrons. The lowest BCUT2D eigenvalue weighted by atomic mass is 10.1. The fourth-order valence-corrected chi connectivity index (χ4v) is 2.08. The molecular weight excluding hydrogens is 242 g/mol. The van der Waals surface area contributed by atoms with Gasteiger partial charge >= 0.3 is 5.97 Å². The van der Waals surface area contributed by atoms with Crippen molar-refractivity contribution in [3.05, 3.63) is 35.0 Å². The Bertz CT molecular complexity index is 576. The molecule has 1 heterocycles. The highest BCUT2D eigenvalue weighted by Crippen LogP contribution is 2.29. The number of aliphatic hydroxyl groups is 1. The van der Waals surface area contributed by atoms with Crippen molar-refractivity contribution < 1.29 is 15.0 Å². The van der Waals surface area contributed by atoms with Crippen LogP contribution in [0.3, 0.4) is 0 Å². The molecule has 4 nitrogen and oxygen atoms in total. The second kappa shape index (κ2) is 4.39. The van der Waals surface area contributed by atoms with Crippen molar-refractivity contribution in [3.8, 4) is 0 Å². The number of halogens is 1. The highest BCUT2D eigenvalue weighted by atomic mass is 35.5. The Morgan fingerprint density at radius 3 is 2.82 bits per heavy atom. The maximum absolute atomic E-state index is 10.8. The fraction of sp³-hybridized carbons (Fsp3) is 0.250. The van der Waals surface area contributed by atoms with Gasteiger partial charge in [0.1, 0.15) is 0 Å². The molecule has 0 aliphatic carbocycles. The number of aryl methyl sites for hydroxylation is 1. The number of hydrogen-bond donors (Lipinski definition) is 2. The first-order chi connectivity index (χ1) is 8.04. The summed E-state index contributed by atoms with van der Waals surface area (Å²) < 4.78 is 1.88.